The molecule has 7 nitrogen and oxygen atoms in total. The highest BCUT2D eigenvalue weighted by atomic mass is 16.3. The highest BCUT2D eigenvalue weighted by Gasteiger charge is 2.60. The Morgan fingerprint density at radius 2 is 1.40 bits per heavy atom. The number of rotatable bonds is 9. The van der Waals surface area contributed by atoms with Gasteiger partial charge >= 0.3 is 0 Å². The molecule has 0 aromatic heterocycles. The molecule has 0 spiro atoms. The first-order chi connectivity index (χ1) is 23.4. The molecule has 5 aliphatic carbocycles. The molecule has 6 fully saturated rings. The highest BCUT2D eigenvalue weighted by molar-refractivity contribution is 5.09. The van der Waals surface area contributed by atoms with Crippen LogP contribution in [0.5, 0.6) is 0 Å². The minimum Gasteiger partial charge on any atom is -0.393 e. The Balaban J connectivity index is 0.898. The summed E-state index contributed by atoms with van der Waals surface area (Å²) in [5.41, 5.74) is 1.07. The number of fused-ring (bicyclic) bond motifs is 6. The van der Waals surface area contributed by atoms with E-state index >= 15 is 0 Å². The summed E-state index contributed by atoms with van der Waals surface area (Å²) in [6.45, 7) is 17.7. The molecule has 12 atom stereocenters. The molecule has 0 bridgehead atoms. The molecule has 0 amide bonds. The van der Waals surface area contributed by atoms with Crippen LogP contribution in [-0.2, 0) is 0 Å². The van der Waals surface area contributed by atoms with Crippen LogP contribution in [0.1, 0.15) is 130 Å². The van der Waals surface area contributed by atoms with Gasteiger partial charge in [0.15, 0.2) is 0 Å². The van der Waals surface area contributed by atoms with Crippen LogP contribution < -0.4 is 31.9 Å². The third-order valence-electron chi connectivity index (χ3n) is 15.6. The molecule has 0 radical (unpaired) electrons. The summed E-state index contributed by atoms with van der Waals surface area (Å²) in [4.78, 5) is 0. The largest absolute Gasteiger partial charge is 0.393 e. The number of hydrogen-bond donors (Lipinski definition) is 7. The SMILES string of the molecule is C[C@H](CCCNCCC[C@@H]1CN[C@@H]2CCCC[C@H]2NCCNCCNCCN1)[C@H]1CC[C@H]2[C@@H]3CC[C@@H]4C[C@H](O)CC[C@]4(C)[C@H]3CC[C@]12C. The van der Waals surface area contributed by atoms with Crippen molar-refractivity contribution in [2.45, 2.75) is 154 Å². The zero-order valence-electron chi connectivity index (χ0n) is 31.6. The monoisotopic (exact) mass is 671 g/mol. The average molecular weight is 671 g/mol. The molecule has 7 N–H and O–H groups in total. The summed E-state index contributed by atoms with van der Waals surface area (Å²) in [7, 11) is 0. The molecule has 0 aromatic rings. The van der Waals surface area contributed by atoms with Gasteiger partial charge in [-0.25, -0.2) is 0 Å². The summed E-state index contributed by atoms with van der Waals surface area (Å²) in [5.74, 6) is 5.38. The van der Waals surface area contributed by atoms with Crippen molar-refractivity contribution in [1.82, 2.24) is 31.9 Å². The molecule has 1 heterocycles. The first kappa shape index (κ1) is 37.5. The topological polar surface area (TPSA) is 92.4 Å². The second kappa shape index (κ2) is 18.0. The van der Waals surface area contributed by atoms with Crippen molar-refractivity contribution in [3.63, 3.8) is 0 Å². The smallest absolute Gasteiger partial charge is 0.0543 e. The zero-order valence-corrected chi connectivity index (χ0v) is 31.6. The summed E-state index contributed by atoms with van der Waals surface area (Å²) < 4.78 is 0. The van der Waals surface area contributed by atoms with Crippen LogP contribution in [0.15, 0.2) is 0 Å². The third kappa shape index (κ3) is 9.01. The fraction of sp³-hybridized carbons (Fsp3) is 1.00. The lowest BCUT2D eigenvalue weighted by Crippen LogP contribution is -2.54. The lowest BCUT2D eigenvalue weighted by atomic mass is 9.44. The molecular formula is C41H78N6O. The predicted molar refractivity (Wildman–Crippen MR) is 201 cm³/mol. The second-order valence-electron chi connectivity index (χ2n) is 18.3. The summed E-state index contributed by atoms with van der Waals surface area (Å²) >= 11 is 0. The van der Waals surface area contributed by atoms with Crippen molar-refractivity contribution in [3.8, 4) is 0 Å². The van der Waals surface area contributed by atoms with E-state index in [1.165, 1.54) is 103 Å². The van der Waals surface area contributed by atoms with Gasteiger partial charge in [-0.3, -0.25) is 0 Å². The standard InChI is InChI=1S/C41H78N6O/c1-30(35-14-15-36-34-13-12-31-28-33(48)16-18-40(31,2)37(34)17-19-41(35,36)3)8-6-20-42-21-7-9-32-29-47-39-11-5-4-10-38(39)46-27-25-44-23-22-43-24-26-45-32/h30-39,42-48H,4-29H2,1-3H3/t30-,31-,32-,33-,34+,35-,36+,37+,38-,39-,40+,41-/m1/s1. The second-order valence-corrected chi connectivity index (χ2v) is 18.3. The fourth-order valence-electron chi connectivity index (χ4n) is 12.9. The molecule has 6 rings (SSSR count). The maximum atomic E-state index is 10.4. The van der Waals surface area contributed by atoms with Crippen molar-refractivity contribution in [1.29, 1.82) is 0 Å². The Hall–Kier alpha value is -0.280. The zero-order chi connectivity index (χ0) is 33.4. The van der Waals surface area contributed by atoms with Gasteiger partial charge in [-0.05, 0) is 156 Å². The van der Waals surface area contributed by atoms with Gasteiger partial charge in [0.1, 0.15) is 0 Å². The Labute approximate surface area is 295 Å². The summed E-state index contributed by atoms with van der Waals surface area (Å²) in [6.07, 6.45) is 22.7. The van der Waals surface area contributed by atoms with Gasteiger partial charge in [0.05, 0.1) is 6.10 Å². The number of aliphatic hydroxyl groups is 1. The molecule has 0 unspecified atom stereocenters. The molecule has 278 valence electrons. The highest BCUT2D eigenvalue weighted by Crippen LogP contribution is 2.68. The van der Waals surface area contributed by atoms with E-state index in [0.29, 0.717) is 29.0 Å². The van der Waals surface area contributed by atoms with E-state index in [2.05, 4.69) is 52.7 Å². The van der Waals surface area contributed by atoms with Gasteiger partial charge in [-0.2, -0.15) is 0 Å². The molecule has 1 saturated heterocycles. The van der Waals surface area contributed by atoms with Crippen LogP contribution in [0.2, 0.25) is 0 Å². The van der Waals surface area contributed by atoms with Crippen LogP contribution in [-0.4, -0.2) is 88.2 Å². The van der Waals surface area contributed by atoms with E-state index in [1.54, 1.807) is 0 Å². The lowest BCUT2D eigenvalue weighted by molar-refractivity contribution is -0.129. The van der Waals surface area contributed by atoms with Crippen LogP contribution in [0.3, 0.4) is 0 Å². The summed E-state index contributed by atoms with van der Waals surface area (Å²) in [6, 6.07) is 1.79. The number of nitrogens with one attached hydrogen (secondary N) is 6. The maximum absolute atomic E-state index is 10.4. The van der Waals surface area contributed by atoms with E-state index in [4.69, 9.17) is 0 Å². The van der Waals surface area contributed by atoms with Crippen molar-refractivity contribution in [2.24, 2.45) is 46.3 Å². The molecule has 48 heavy (non-hydrogen) atoms. The molecule has 5 saturated carbocycles. The Morgan fingerprint density at radius 1 is 0.708 bits per heavy atom. The minimum absolute atomic E-state index is 0.0266. The van der Waals surface area contributed by atoms with Gasteiger partial charge in [0, 0.05) is 63.9 Å². The number of hydrogen-bond acceptors (Lipinski definition) is 7. The van der Waals surface area contributed by atoms with Gasteiger partial charge in [-0.1, -0.05) is 33.6 Å². The van der Waals surface area contributed by atoms with E-state index in [9.17, 15) is 5.11 Å². The van der Waals surface area contributed by atoms with E-state index < -0.39 is 0 Å². The normalized spacial score (nSPS) is 43.9. The lowest BCUT2D eigenvalue weighted by Gasteiger charge is -2.61. The van der Waals surface area contributed by atoms with Crippen LogP contribution in [0.25, 0.3) is 0 Å². The van der Waals surface area contributed by atoms with Crippen molar-refractivity contribution < 1.29 is 5.11 Å². The summed E-state index contributed by atoms with van der Waals surface area (Å²) in [5, 5.41) is 33.2. The first-order valence-electron chi connectivity index (χ1n) is 21.4. The van der Waals surface area contributed by atoms with Gasteiger partial charge < -0.3 is 37.0 Å². The van der Waals surface area contributed by atoms with Gasteiger partial charge in [-0.15, -0.1) is 0 Å². The van der Waals surface area contributed by atoms with Crippen LogP contribution >= 0.6 is 0 Å². The number of aliphatic hydroxyl groups excluding tert-OH is 1. The van der Waals surface area contributed by atoms with Crippen molar-refractivity contribution in [2.75, 3.05) is 58.9 Å². The predicted octanol–water partition coefficient (Wildman–Crippen LogP) is 5.43. The van der Waals surface area contributed by atoms with Gasteiger partial charge in [0.2, 0.25) is 0 Å². The third-order valence-corrected chi connectivity index (χ3v) is 15.6. The first-order valence-corrected chi connectivity index (χ1v) is 21.4. The Morgan fingerprint density at radius 3 is 2.21 bits per heavy atom. The van der Waals surface area contributed by atoms with Crippen molar-refractivity contribution >= 4 is 0 Å². The average Bonchev–Trinajstić information content (AvgIpc) is 3.44. The van der Waals surface area contributed by atoms with E-state index in [-0.39, 0.29) is 6.10 Å². The van der Waals surface area contributed by atoms with Gasteiger partial charge in [0.25, 0.3) is 0 Å². The van der Waals surface area contributed by atoms with E-state index in [1.807, 2.05) is 0 Å². The molecule has 6 aliphatic rings. The minimum atomic E-state index is -0.0266. The van der Waals surface area contributed by atoms with Crippen LogP contribution in [0, 0.1) is 46.3 Å². The molecular weight excluding hydrogens is 592 g/mol. The molecule has 7 heteroatoms. The van der Waals surface area contributed by atoms with Crippen LogP contribution in [0.4, 0.5) is 0 Å². The van der Waals surface area contributed by atoms with Crippen molar-refractivity contribution in [3.05, 3.63) is 0 Å². The molecule has 0 aromatic carbocycles. The Kier molecular flexibility index (Phi) is 14.0. The van der Waals surface area contributed by atoms with E-state index in [0.717, 1.165) is 101 Å². The Bertz CT molecular complexity index is 952. The maximum Gasteiger partial charge on any atom is 0.0543 e. The fourth-order valence-corrected chi connectivity index (χ4v) is 12.9. The quantitative estimate of drug-likeness (QED) is 0.165. The molecule has 1 aliphatic heterocycles.